The zero-order valence-corrected chi connectivity index (χ0v) is 13.3. The van der Waals surface area contributed by atoms with E-state index >= 15 is 0 Å². The molecular weight excluding hydrogens is 264 g/mol. The molecule has 0 aromatic rings. The molecule has 1 unspecified atom stereocenters. The number of carbonyl (C=O) groups excluding carboxylic acids is 1. The standard InChI is InChI=1S/C17H28N2O2/c1-12-8-10-18(11-9-12)15-16(20)13(2)19(17(15)21)14-6-4-3-5-7-14/h12-14,20H,3-11H2,1-2H3. The van der Waals surface area contributed by atoms with Gasteiger partial charge >= 0.3 is 0 Å². The summed E-state index contributed by atoms with van der Waals surface area (Å²) in [6.07, 6.45) is 8.10. The molecule has 0 radical (unpaired) electrons. The zero-order valence-electron chi connectivity index (χ0n) is 13.3. The molecule has 4 nitrogen and oxygen atoms in total. The molecule has 0 aromatic heterocycles. The minimum absolute atomic E-state index is 0.0708. The van der Waals surface area contributed by atoms with Crippen molar-refractivity contribution in [2.45, 2.75) is 70.9 Å². The number of piperidine rings is 1. The van der Waals surface area contributed by atoms with Crippen molar-refractivity contribution in [3.05, 3.63) is 11.5 Å². The summed E-state index contributed by atoms with van der Waals surface area (Å²) in [6, 6.07) is 0.180. The molecule has 1 atom stereocenters. The molecule has 2 fully saturated rings. The Labute approximate surface area is 127 Å². The molecule has 1 amide bonds. The second kappa shape index (κ2) is 5.90. The lowest BCUT2D eigenvalue weighted by Gasteiger charge is -2.36. The fraction of sp³-hybridized carbons (Fsp3) is 0.824. The molecular formula is C17H28N2O2. The molecule has 1 N–H and O–H groups in total. The van der Waals surface area contributed by atoms with Gasteiger partial charge in [0.15, 0.2) is 0 Å². The van der Waals surface area contributed by atoms with Crippen molar-refractivity contribution in [3.8, 4) is 0 Å². The van der Waals surface area contributed by atoms with E-state index < -0.39 is 0 Å². The number of hydrogen-bond acceptors (Lipinski definition) is 3. The van der Waals surface area contributed by atoms with Crippen molar-refractivity contribution < 1.29 is 9.90 Å². The molecule has 1 saturated carbocycles. The van der Waals surface area contributed by atoms with Gasteiger partial charge in [-0.3, -0.25) is 4.79 Å². The molecule has 0 spiro atoms. The van der Waals surface area contributed by atoms with E-state index in [9.17, 15) is 9.90 Å². The smallest absolute Gasteiger partial charge is 0.274 e. The van der Waals surface area contributed by atoms with E-state index in [1.165, 1.54) is 19.3 Å². The minimum atomic E-state index is -0.144. The Morgan fingerprint density at radius 2 is 1.62 bits per heavy atom. The van der Waals surface area contributed by atoms with Crippen molar-refractivity contribution in [1.29, 1.82) is 0 Å². The van der Waals surface area contributed by atoms with Crippen LogP contribution in [-0.2, 0) is 4.79 Å². The van der Waals surface area contributed by atoms with E-state index in [2.05, 4.69) is 11.8 Å². The fourth-order valence-electron chi connectivity index (χ4n) is 4.11. The molecule has 3 aliphatic rings. The number of likely N-dealkylation sites (tertiary alicyclic amines) is 1. The highest BCUT2D eigenvalue weighted by atomic mass is 16.3. The first kappa shape index (κ1) is 14.7. The first-order chi connectivity index (χ1) is 10.1. The molecule has 3 rings (SSSR count). The van der Waals surface area contributed by atoms with Gasteiger partial charge in [-0.15, -0.1) is 0 Å². The maximum atomic E-state index is 12.9. The van der Waals surface area contributed by atoms with E-state index in [1.54, 1.807) is 0 Å². The third kappa shape index (κ3) is 2.65. The number of hydrogen-bond donors (Lipinski definition) is 1. The molecule has 1 aliphatic carbocycles. The highest BCUT2D eigenvalue weighted by molar-refractivity contribution is 5.96. The van der Waals surface area contributed by atoms with Crippen LogP contribution >= 0.6 is 0 Å². The van der Waals surface area contributed by atoms with Crippen LogP contribution < -0.4 is 0 Å². The number of carbonyl (C=O) groups is 1. The summed E-state index contributed by atoms with van der Waals surface area (Å²) in [7, 11) is 0. The van der Waals surface area contributed by atoms with Gasteiger partial charge in [-0.2, -0.15) is 0 Å². The first-order valence-corrected chi connectivity index (χ1v) is 8.60. The number of aliphatic hydroxyl groups excluding tert-OH is 1. The molecule has 0 bridgehead atoms. The highest BCUT2D eigenvalue weighted by Crippen LogP contribution is 2.34. The summed E-state index contributed by atoms with van der Waals surface area (Å²) in [6.45, 7) is 6.04. The summed E-state index contributed by atoms with van der Waals surface area (Å²) in [5, 5.41) is 10.5. The summed E-state index contributed by atoms with van der Waals surface area (Å²) in [5.74, 6) is 1.11. The largest absolute Gasteiger partial charge is 0.508 e. The van der Waals surface area contributed by atoms with Gasteiger partial charge in [-0.1, -0.05) is 26.2 Å². The van der Waals surface area contributed by atoms with E-state index in [-0.39, 0.29) is 11.9 Å². The van der Waals surface area contributed by atoms with E-state index in [0.717, 1.165) is 44.7 Å². The SMILES string of the molecule is CC1CCN(C2=C(O)C(C)N(C3CCCCC3)C2=O)CC1. The van der Waals surface area contributed by atoms with Crippen LogP contribution in [0.15, 0.2) is 11.5 Å². The van der Waals surface area contributed by atoms with Gasteiger partial charge in [0.05, 0.1) is 6.04 Å². The van der Waals surface area contributed by atoms with Crippen LogP contribution in [0.3, 0.4) is 0 Å². The van der Waals surface area contributed by atoms with Gasteiger partial charge in [0, 0.05) is 19.1 Å². The van der Waals surface area contributed by atoms with Crippen LogP contribution in [-0.4, -0.2) is 46.0 Å². The summed E-state index contributed by atoms with van der Waals surface area (Å²) in [5.41, 5.74) is 0.597. The molecule has 1 saturated heterocycles. The van der Waals surface area contributed by atoms with Crippen LogP contribution in [0.25, 0.3) is 0 Å². The summed E-state index contributed by atoms with van der Waals surface area (Å²) < 4.78 is 0. The van der Waals surface area contributed by atoms with Crippen LogP contribution in [0, 0.1) is 5.92 Å². The number of aliphatic hydroxyl groups is 1. The Bertz CT molecular complexity index is 432. The molecule has 2 aliphatic heterocycles. The Balaban J connectivity index is 1.76. The summed E-state index contributed by atoms with van der Waals surface area (Å²) >= 11 is 0. The second-order valence-corrected chi connectivity index (χ2v) is 7.08. The normalized spacial score (nSPS) is 29.6. The van der Waals surface area contributed by atoms with Crippen LogP contribution in [0.5, 0.6) is 0 Å². The van der Waals surface area contributed by atoms with Gasteiger partial charge in [0.1, 0.15) is 11.5 Å². The quantitative estimate of drug-likeness (QED) is 0.850. The minimum Gasteiger partial charge on any atom is -0.508 e. The monoisotopic (exact) mass is 292 g/mol. The molecule has 118 valence electrons. The lowest BCUT2D eigenvalue weighted by Crippen LogP contribution is -2.45. The lowest BCUT2D eigenvalue weighted by atomic mass is 9.93. The van der Waals surface area contributed by atoms with Gasteiger partial charge in [0.2, 0.25) is 0 Å². The van der Waals surface area contributed by atoms with Crippen molar-refractivity contribution >= 4 is 5.91 Å². The van der Waals surface area contributed by atoms with E-state index in [0.29, 0.717) is 17.5 Å². The predicted octanol–water partition coefficient (Wildman–Crippen LogP) is 3.05. The fourth-order valence-corrected chi connectivity index (χ4v) is 4.11. The van der Waals surface area contributed by atoms with Crippen molar-refractivity contribution in [1.82, 2.24) is 9.80 Å². The zero-order chi connectivity index (χ0) is 15.0. The van der Waals surface area contributed by atoms with Crippen LogP contribution in [0.1, 0.15) is 58.8 Å². The van der Waals surface area contributed by atoms with E-state index in [4.69, 9.17) is 0 Å². The topological polar surface area (TPSA) is 43.8 Å². The van der Waals surface area contributed by atoms with Crippen molar-refractivity contribution in [3.63, 3.8) is 0 Å². The van der Waals surface area contributed by atoms with Gasteiger partial charge in [-0.25, -0.2) is 0 Å². The number of amides is 1. The average molecular weight is 292 g/mol. The summed E-state index contributed by atoms with van der Waals surface area (Å²) in [4.78, 5) is 17.0. The maximum absolute atomic E-state index is 12.9. The van der Waals surface area contributed by atoms with Gasteiger partial charge in [-0.05, 0) is 38.5 Å². The van der Waals surface area contributed by atoms with E-state index in [1.807, 2.05) is 11.8 Å². The van der Waals surface area contributed by atoms with Gasteiger partial charge < -0.3 is 14.9 Å². The van der Waals surface area contributed by atoms with Crippen LogP contribution in [0.2, 0.25) is 0 Å². The lowest BCUT2D eigenvalue weighted by molar-refractivity contribution is -0.131. The second-order valence-electron chi connectivity index (χ2n) is 7.08. The maximum Gasteiger partial charge on any atom is 0.274 e. The molecule has 0 aromatic carbocycles. The molecule has 2 heterocycles. The predicted molar refractivity (Wildman–Crippen MR) is 82.8 cm³/mol. The first-order valence-electron chi connectivity index (χ1n) is 8.60. The average Bonchev–Trinajstić information content (AvgIpc) is 2.72. The molecule has 4 heteroatoms. The Kier molecular flexibility index (Phi) is 4.14. The van der Waals surface area contributed by atoms with Gasteiger partial charge in [0.25, 0.3) is 5.91 Å². The number of rotatable bonds is 2. The Hall–Kier alpha value is -1.19. The third-order valence-electron chi connectivity index (χ3n) is 5.56. The van der Waals surface area contributed by atoms with Crippen molar-refractivity contribution in [2.75, 3.05) is 13.1 Å². The van der Waals surface area contributed by atoms with Crippen molar-refractivity contribution in [2.24, 2.45) is 5.92 Å². The third-order valence-corrected chi connectivity index (χ3v) is 5.56. The number of nitrogens with zero attached hydrogens (tertiary/aromatic N) is 2. The highest BCUT2D eigenvalue weighted by Gasteiger charge is 2.43. The Morgan fingerprint density at radius 1 is 1.00 bits per heavy atom. The molecule has 21 heavy (non-hydrogen) atoms. The van der Waals surface area contributed by atoms with Crippen LogP contribution in [0.4, 0.5) is 0 Å². The Morgan fingerprint density at radius 3 is 2.24 bits per heavy atom.